The fourth-order valence-corrected chi connectivity index (χ4v) is 9.50. The van der Waals surface area contributed by atoms with Gasteiger partial charge in [0.15, 0.2) is 5.82 Å². The Balaban J connectivity index is 0.969. The van der Waals surface area contributed by atoms with Gasteiger partial charge in [-0.1, -0.05) is 182 Å². The fraction of sp³-hybridized carbons (Fsp3) is 0. The molecule has 0 atom stereocenters. The first-order valence-electron chi connectivity index (χ1n) is 20.6. The van der Waals surface area contributed by atoms with E-state index in [4.69, 9.17) is 9.97 Å². The molecule has 61 heavy (non-hydrogen) atoms. The largest absolute Gasteiger partial charge is 0.227 e. The number of thiophene rings is 1. The first-order chi connectivity index (χ1) is 30.2. The Morgan fingerprint density at radius 3 is 1.15 bits per heavy atom. The van der Waals surface area contributed by atoms with Crippen molar-refractivity contribution in [1.82, 2.24) is 9.97 Å². The summed E-state index contributed by atoms with van der Waals surface area (Å²) in [4.78, 5) is 11.6. The van der Waals surface area contributed by atoms with Crippen molar-refractivity contribution in [3.05, 3.63) is 231 Å². The van der Waals surface area contributed by atoms with Crippen LogP contribution in [0.2, 0.25) is 0 Å². The lowest BCUT2D eigenvalue weighted by molar-refractivity contribution is 1.24. The van der Waals surface area contributed by atoms with Gasteiger partial charge in [0.25, 0.3) is 0 Å². The van der Waals surface area contributed by atoms with Gasteiger partial charge in [0.1, 0.15) is 4.83 Å². The van der Waals surface area contributed by atoms with Gasteiger partial charge in [-0.3, -0.25) is 0 Å². The molecule has 0 unspecified atom stereocenters. The molecule has 0 saturated carbocycles. The highest BCUT2D eigenvalue weighted by Crippen LogP contribution is 2.41. The Labute approximate surface area is 359 Å². The summed E-state index contributed by atoms with van der Waals surface area (Å²) in [5.41, 5.74) is 17.1. The molecule has 2 aromatic heterocycles. The van der Waals surface area contributed by atoms with Gasteiger partial charge in [0, 0.05) is 26.6 Å². The van der Waals surface area contributed by atoms with Crippen LogP contribution in [0.4, 0.5) is 0 Å². The van der Waals surface area contributed by atoms with E-state index in [1.54, 1.807) is 11.3 Å². The molecule has 0 aliphatic heterocycles. The van der Waals surface area contributed by atoms with Gasteiger partial charge in [0.05, 0.1) is 5.69 Å². The third kappa shape index (κ3) is 7.22. The zero-order valence-corrected chi connectivity index (χ0v) is 34.1. The number of hydrogen-bond acceptors (Lipinski definition) is 3. The molecule has 0 saturated heterocycles. The van der Waals surface area contributed by atoms with E-state index in [-0.39, 0.29) is 0 Å². The predicted octanol–water partition coefficient (Wildman–Crippen LogP) is 16.2. The Bertz CT molecular complexity index is 3290. The highest BCUT2D eigenvalue weighted by molar-refractivity contribution is 7.25. The molecular formula is C58H38N2S. The molecular weight excluding hydrogens is 757 g/mol. The minimum Gasteiger partial charge on any atom is -0.227 e. The van der Waals surface area contributed by atoms with Crippen LogP contribution in [-0.2, 0) is 0 Å². The molecule has 0 N–H and O–H groups in total. The zero-order valence-electron chi connectivity index (χ0n) is 33.2. The van der Waals surface area contributed by atoms with E-state index < -0.39 is 0 Å². The van der Waals surface area contributed by atoms with Gasteiger partial charge in [-0.05, 0) is 115 Å². The molecule has 0 fully saturated rings. The van der Waals surface area contributed by atoms with Crippen LogP contribution in [0.15, 0.2) is 231 Å². The van der Waals surface area contributed by atoms with E-state index >= 15 is 0 Å². The molecule has 9 aromatic carbocycles. The van der Waals surface area contributed by atoms with Gasteiger partial charge in [-0.2, -0.15) is 0 Å². The third-order valence-electron chi connectivity index (χ3n) is 11.5. The molecule has 2 heterocycles. The number of rotatable bonds is 8. The van der Waals surface area contributed by atoms with E-state index in [0.29, 0.717) is 0 Å². The summed E-state index contributed by atoms with van der Waals surface area (Å²) in [5.74, 6) is 0.720. The molecule has 11 aromatic rings. The highest BCUT2D eigenvalue weighted by Gasteiger charge is 2.18. The highest BCUT2D eigenvalue weighted by atomic mass is 32.1. The summed E-state index contributed by atoms with van der Waals surface area (Å²) in [5, 5.41) is 2.29. The van der Waals surface area contributed by atoms with Crippen LogP contribution >= 0.6 is 11.3 Å². The molecule has 3 heteroatoms. The lowest BCUT2D eigenvalue weighted by Crippen LogP contribution is -1.94. The second-order valence-corrected chi connectivity index (χ2v) is 16.4. The molecule has 0 bridgehead atoms. The zero-order chi connectivity index (χ0) is 40.5. The first kappa shape index (κ1) is 36.4. The van der Waals surface area contributed by atoms with Gasteiger partial charge in [0.2, 0.25) is 0 Å². The van der Waals surface area contributed by atoms with E-state index in [1.807, 2.05) is 0 Å². The van der Waals surface area contributed by atoms with Crippen molar-refractivity contribution in [1.29, 1.82) is 0 Å². The van der Waals surface area contributed by atoms with E-state index in [2.05, 4.69) is 231 Å². The lowest BCUT2D eigenvalue weighted by Gasteiger charge is -2.13. The standard InChI is InChI=1S/C58H38N2S/c1-4-16-39(17-5-1)42-22-14-28-48(34-42)56-55-53-30-10-11-31-54(53)61-58(55)60-57(59-56)49-29-15-26-46(35-49)44-24-12-23-43(32-44)45-25-13-27-47(33-45)52-37-50(40-18-6-2-7-19-40)36-51(38-52)41-20-8-3-9-21-41/h1-38H. The van der Waals surface area contributed by atoms with Crippen molar-refractivity contribution >= 4 is 31.6 Å². The quantitative estimate of drug-likeness (QED) is 0.153. The molecule has 0 aliphatic rings. The van der Waals surface area contributed by atoms with Crippen molar-refractivity contribution in [2.45, 2.75) is 0 Å². The molecule has 2 nitrogen and oxygen atoms in total. The van der Waals surface area contributed by atoms with Crippen LogP contribution in [0.5, 0.6) is 0 Å². The average Bonchev–Trinajstić information content (AvgIpc) is 3.73. The van der Waals surface area contributed by atoms with Crippen molar-refractivity contribution in [3.8, 4) is 89.4 Å². The molecule has 0 spiro atoms. The normalized spacial score (nSPS) is 11.3. The maximum Gasteiger partial charge on any atom is 0.161 e. The lowest BCUT2D eigenvalue weighted by atomic mass is 9.91. The fourth-order valence-electron chi connectivity index (χ4n) is 8.42. The van der Waals surface area contributed by atoms with Crippen molar-refractivity contribution < 1.29 is 0 Å². The van der Waals surface area contributed by atoms with Crippen molar-refractivity contribution in [2.24, 2.45) is 0 Å². The number of fused-ring (bicyclic) bond motifs is 3. The van der Waals surface area contributed by atoms with Crippen molar-refractivity contribution in [3.63, 3.8) is 0 Å². The smallest absolute Gasteiger partial charge is 0.161 e. The molecule has 11 rings (SSSR count). The van der Waals surface area contributed by atoms with Crippen LogP contribution in [-0.4, -0.2) is 9.97 Å². The summed E-state index contributed by atoms with van der Waals surface area (Å²) in [6, 6.07) is 82.5. The van der Waals surface area contributed by atoms with Gasteiger partial charge < -0.3 is 0 Å². The average molecular weight is 795 g/mol. The summed E-state index contributed by atoms with van der Waals surface area (Å²) >= 11 is 1.73. The van der Waals surface area contributed by atoms with Crippen molar-refractivity contribution in [2.75, 3.05) is 0 Å². The van der Waals surface area contributed by atoms with Gasteiger partial charge in [-0.15, -0.1) is 11.3 Å². The first-order valence-corrected chi connectivity index (χ1v) is 21.4. The Kier molecular flexibility index (Phi) is 9.42. The summed E-state index contributed by atoms with van der Waals surface area (Å²) in [6.45, 7) is 0. The molecule has 286 valence electrons. The monoisotopic (exact) mass is 794 g/mol. The minimum absolute atomic E-state index is 0.720. The SMILES string of the molecule is c1ccc(-c2cc(-c3ccccc3)cc(-c3cccc(-c4cccc(-c5cccc(-c6nc(-c7cccc(-c8ccccc8)c7)c7c(n6)sc6ccccc67)c5)c4)c3)c2)cc1. The molecule has 0 radical (unpaired) electrons. The Hall–Kier alpha value is -7.72. The van der Waals surface area contributed by atoms with Crippen LogP contribution in [0.3, 0.4) is 0 Å². The van der Waals surface area contributed by atoms with Crippen LogP contribution in [0.25, 0.3) is 110 Å². The van der Waals surface area contributed by atoms with E-state index in [1.165, 1.54) is 54.6 Å². The Morgan fingerprint density at radius 2 is 0.607 bits per heavy atom. The summed E-state index contributed by atoms with van der Waals surface area (Å²) in [6.07, 6.45) is 0. The number of nitrogens with zero attached hydrogens (tertiary/aromatic N) is 2. The summed E-state index contributed by atoms with van der Waals surface area (Å²) in [7, 11) is 0. The predicted molar refractivity (Wildman–Crippen MR) is 258 cm³/mol. The van der Waals surface area contributed by atoms with Crippen LogP contribution < -0.4 is 0 Å². The third-order valence-corrected chi connectivity index (χ3v) is 12.5. The molecule has 0 aliphatic carbocycles. The second-order valence-electron chi connectivity index (χ2n) is 15.4. The van der Waals surface area contributed by atoms with Crippen LogP contribution in [0.1, 0.15) is 0 Å². The minimum atomic E-state index is 0.720. The second kappa shape index (κ2) is 15.8. The Morgan fingerprint density at radius 1 is 0.262 bits per heavy atom. The van der Waals surface area contributed by atoms with Crippen LogP contribution in [0, 0.1) is 0 Å². The topological polar surface area (TPSA) is 25.8 Å². The maximum atomic E-state index is 5.38. The van der Waals surface area contributed by atoms with Gasteiger partial charge in [-0.25, -0.2) is 9.97 Å². The van der Waals surface area contributed by atoms with Gasteiger partial charge >= 0.3 is 0 Å². The number of benzene rings is 9. The van der Waals surface area contributed by atoms with E-state index in [9.17, 15) is 0 Å². The molecule has 0 amide bonds. The summed E-state index contributed by atoms with van der Waals surface area (Å²) < 4.78 is 1.21. The number of hydrogen-bond donors (Lipinski definition) is 0. The maximum absolute atomic E-state index is 5.38. The number of aromatic nitrogens is 2. The van der Waals surface area contributed by atoms with E-state index in [0.717, 1.165) is 55.1 Å².